The van der Waals surface area contributed by atoms with E-state index >= 15 is 0 Å². The van der Waals surface area contributed by atoms with Gasteiger partial charge in [-0.3, -0.25) is 4.79 Å². The topological polar surface area (TPSA) is 69.7 Å². The number of carbonyl (C=O) groups excluding carboxylic acids is 1. The Labute approximate surface area is 137 Å². The minimum Gasteiger partial charge on any atom is -0.345 e. The molecule has 1 fully saturated rings. The van der Waals surface area contributed by atoms with Gasteiger partial charge in [0.25, 0.3) is 5.91 Å². The van der Waals surface area contributed by atoms with Gasteiger partial charge in [0, 0.05) is 39.3 Å². The quantitative estimate of drug-likeness (QED) is 0.877. The maximum Gasteiger partial charge on any atom is 0.253 e. The zero-order chi connectivity index (χ0) is 15.5. The number of benzene rings is 1. The van der Waals surface area contributed by atoms with Crippen LogP contribution in [0.15, 0.2) is 29.2 Å². The Balaban J connectivity index is 0.00000242. The molecule has 0 spiro atoms. The van der Waals surface area contributed by atoms with Gasteiger partial charge >= 0.3 is 0 Å². The second-order valence-electron chi connectivity index (χ2n) is 5.24. The summed E-state index contributed by atoms with van der Waals surface area (Å²) in [4.78, 5) is 13.6. The number of hydrogen-bond acceptors (Lipinski definition) is 4. The number of halogens is 1. The van der Waals surface area contributed by atoms with E-state index in [0.717, 1.165) is 13.0 Å². The number of nitrogens with zero attached hydrogens (tertiary/aromatic N) is 2. The predicted molar refractivity (Wildman–Crippen MR) is 88.0 cm³/mol. The first-order chi connectivity index (χ1) is 9.93. The fraction of sp³-hybridized carbons (Fsp3) is 0.500. The molecule has 0 aliphatic carbocycles. The molecule has 6 nitrogen and oxygen atoms in total. The molecule has 1 saturated heterocycles. The number of amides is 1. The van der Waals surface area contributed by atoms with Crippen LogP contribution in [-0.2, 0) is 10.0 Å². The molecular weight excluding hydrogens is 326 g/mol. The molecule has 2 rings (SSSR count). The molecule has 1 N–H and O–H groups in total. The molecule has 0 bridgehead atoms. The molecule has 1 aromatic rings. The summed E-state index contributed by atoms with van der Waals surface area (Å²) in [7, 11) is -0.259. The number of nitrogens with one attached hydrogen (secondary N) is 1. The number of rotatable bonds is 3. The van der Waals surface area contributed by atoms with Crippen molar-refractivity contribution >= 4 is 28.3 Å². The first kappa shape index (κ1) is 18.9. The Hall–Kier alpha value is -1.15. The molecule has 0 saturated carbocycles. The summed E-state index contributed by atoms with van der Waals surface area (Å²) in [5.41, 5.74) is 0.383. The molecule has 8 heteroatoms. The third kappa shape index (κ3) is 4.19. The monoisotopic (exact) mass is 347 g/mol. The van der Waals surface area contributed by atoms with Crippen LogP contribution in [0.2, 0.25) is 0 Å². The van der Waals surface area contributed by atoms with Crippen molar-refractivity contribution in [1.82, 2.24) is 14.5 Å². The molecule has 1 heterocycles. The molecule has 0 aromatic heterocycles. The fourth-order valence-corrected chi connectivity index (χ4v) is 3.78. The van der Waals surface area contributed by atoms with Gasteiger partial charge in [-0.15, -0.1) is 12.4 Å². The highest BCUT2D eigenvalue weighted by Gasteiger charge is 2.25. The lowest BCUT2D eigenvalue weighted by molar-refractivity contribution is 0.0827. The second kappa shape index (κ2) is 7.92. The third-order valence-electron chi connectivity index (χ3n) is 3.42. The van der Waals surface area contributed by atoms with Gasteiger partial charge in [0.1, 0.15) is 0 Å². The molecule has 0 radical (unpaired) electrons. The highest BCUT2D eigenvalue weighted by molar-refractivity contribution is 7.89. The molecule has 1 aromatic carbocycles. The number of sulfonamides is 1. The van der Waals surface area contributed by atoms with E-state index in [0.29, 0.717) is 25.2 Å². The standard InChI is InChI=1S/C14H21N3O3S.ClH/c1-16(2)14(18)12-5-3-6-13(11-12)21(19,20)17-9-4-7-15-8-10-17;/h3,5-6,11,15H,4,7-10H2,1-2H3;1H. The summed E-state index contributed by atoms with van der Waals surface area (Å²) < 4.78 is 26.8. The molecule has 0 unspecified atom stereocenters. The van der Waals surface area contributed by atoms with Crippen molar-refractivity contribution < 1.29 is 13.2 Å². The van der Waals surface area contributed by atoms with Gasteiger partial charge in [-0.1, -0.05) is 6.07 Å². The highest BCUT2D eigenvalue weighted by atomic mass is 35.5. The van der Waals surface area contributed by atoms with Crippen molar-refractivity contribution in [3.63, 3.8) is 0 Å². The van der Waals surface area contributed by atoms with Crippen LogP contribution in [0.1, 0.15) is 16.8 Å². The van der Waals surface area contributed by atoms with E-state index in [4.69, 9.17) is 0 Å². The third-order valence-corrected chi connectivity index (χ3v) is 5.32. The van der Waals surface area contributed by atoms with Crippen LogP contribution in [0.3, 0.4) is 0 Å². The van der Waals surface area contributed by atoms with E-state index in [1.54, 1.807) is 32.3 Å². The molecule has 22 heavy (non-hydrogen) atoms. The summed E-state index contributed by atoms with van der Waals surface area (Å²) in [6, 6.07) is 6.24. The van der Waals surface area contributed by atoms with E-state index < -0.39 is 10.0 Å². The smallest absolute Gasteiger partial charge is 0.253 e. The first-order valence-electron chi connectivity index (χ1n) is 6.95. The Morgan fingerprint density at radius 2 is 1.95 bits per heavy atom. The second-order valence-corrected chi connectivity index (χ2v) is 7.17. The maximum absolute atomic E-state index is 12.7. The molecule has 1 amide bonds. The lowest BCUT2D eigenvalue weighted by Crippen LogP contribution is -2.34. The maximum atomic E-state index is 12.7. The normalized spacial score (nSPS) is 16.5. The predicted octanol–water partition coefficient (Wildman–Crippen LogP) is 0.794. The molecule has 124 valence electrons. The van der Waals surface area contributed by atoms with E-state index in [1.807, 2.05) is 0 Å². The lowest BCUT2D eigenvalue weighted by Gasteiger charge is -2.20. The summed E-state index contributed by atoms with van der Waals surface area (Å²) in [5, 5.41) is 3.18. The summed E-state index contributed by atoms with van der Waals surface area (Å²) in [5.74, 6) is -0.204. The Bertz CT molecular complexity index is 612. The van der Waals surface area contributed by atoms with Crippen LogP contribution in [0.4, 0.5) is 0 Å². The molecule has 1 aliphatic rings. The van der Waals surface area contributed by atoms with Crippen LogP contribution in [0, 0.1) is 0 Å². The highest BCUT2D eigenvalue weighted by Crippen LogP contribution is 2.18. The number of hydrogen-bond donors (Lipinski definition) is 1. The van der Waals surface area contributed by atoms with Crippen molar-refractivity contribution in [2.75, 3.05) is 40.3 Å². The van der Waals surface area contributed by atoms with Gasteiger partial charge in [-0.2, -0.15) is 4.31 Å². The van der Waals surface area contributed by atoms with Crippen LogP contribution >= 0.6 is 12.4 Å². The average molecular weight is 348 g/mol. The van der Waals surface area contributed by atoms with E-state index in [2.05, 4.69) is 5.32 Å². The first-order valence-corrected chi connectivity index (χ1v) is 8.39. The molecule has 0 atom stereocenters. The van der Waals surface area contributed by atoms with E-state index in [-0.39, 0.29) is 23.2 Å². The van der Waals surface area contributed by atoms with E-state index in [9.17, 15) is 13.2 Å². The van der Waals surface area contributed by atoms with Crippen LogP contribution in [0.5, 0.6) is 0 Å². The summed E-state index contributed by atoms with van der Waals surface area (Å²) in [6.45, 7) is 2.43. The van der Waals surface area contributed by atoms with Crippen molar-refractivity contribution in [3.05, 3.63) is 29.8 Å². The van der Waals surface area contributed by atoms with Gasteiger partial charge in [0.15, 0.2) is 0 Å². The zero-order valence-electron chi connectivity index (χ0n) is 12.8. The summed E-state index contributed by atoms with van der Waals surface area (Å²) in [6.07, 6.45) is 0.787. The lowest BCUT2D eigenvalue weighted by atomic mass is 10.2. The van der Waals surface area contributed by atoms with Crippen LogP contribution in [-0.4, -0.2) is 63.8 Å². The van der Waals surface area contributed by atoms with E-state index in [1.165, 1.54) is 15.3 Å². The van der Waals surface area contributed by atoms with Gasteiger partial charge < -0.3 is 10.2 Å². The van der Waals surface area contributed by atoms with Gasteiger partial charge in [-0.25, -0.2) is 8.42 Å². The van der Waals surface area contributed by atoms with Crippen LogP contribution in [0.25, 0.3) is 0 Å². The zero-order valence-corrected chi connectivity index (χ0v) is 14.4. The van der Waals surface area contributed by atoms with Crippen molar-refractivity contribution in [1.29, 1.82) is 0 Å². The van der Waals surface area contributed by atoms with Crippen molar-refractivity contribution in [2.45, 2.75) is 11.3 Å². The number of carbonyl (C=O) groups is 1. The largest absolute Gasteiger partial charge is 0.345 e. The Kier molecular flexibility index (Phi) is 6.80. The molecular formula is C14H22ClN3O3S. The minimum atomic E-state index is -3.54. The molecule has 1 aliphatic heterocycles. The van der Waals surface area contributed by atoms with Gasteiger partial charge in [0.2, 0.25) is 10.0 Å². The SMILES string of the molecule is CN(C)C(=O)c1cccc(S(=O)(=O)N2CCCNCC2)c1.Cl. The minimum absolute atomic E-state index is 0. The van der Waals surface area contributed by atoms with Crippen LogP contribution < -0.4 is 5.32 Å². The van der Waals surface area contributed by atoms with Crippen molar-refractivity contribution in [3.8, 4) is 0 Å². The fourth-order valence-electron chi connectivity index (χ4n) is 2.26. The Morgan fingerprint density at radius 3 is 2.64 bits per heavy atom. The van der Waals surface area contributed by atoms with Crippen molar-refractivity contribution in [2.24, 2.45) is 0 Å². The van der Waals surface area contributed by atoms with Gasteiger partial charge in [-0.05, 0) is 31.2 Å². The average Bonchev–Trinajstić information content (AvgIpc) is 2.76. The Morgan fingerprint density at radius 1 is 1.23 bits per heavy atom. The van der Waals surface area contributed by atoms with Gasteiger partial charge in [0.05, 0.1) is 4.90 Å². The summed E-state index contributed by atoms with van der Waals surface area (Å²) >= 11 is 0.